The zero-order valence-corrected chi connectivity index (χ0v) is 9.83. The largest absolute Gasteiger partial charge is 0.468 e. The summed E-state index contributed by atoms with van der Waals surface area (Å²) in [5, 5.41) is 3.60. The van der Waals surface area contributed by atoms with Crippen molar-refractivity contribution in [2.45, 2.75) is 6.04 Å². The van der Waals surface area contributed by atoms with Gasteiger partial charge < -0.3 is 4.74 Å². The molecule has 0 spiro atoms. The van der Waals surface area contributed by atoms with Gasteiger partial charge in [-0.3, -0.25) is 5.32 Å². The van der Waals surface area contributed by atoms with Crippen LogP contribution in [0.4, 0.5) is 0 Å². The number of carbonyl (C=O) groups excluding carboxylic acids is 1. The Bertz CT molecular complexity index is 379. The van der Waals surface area contributed by atoms with Gasteiger partial charge in [-0.25, -0.2) is 4.79 Å². The molecule has 1 atom stereocenters. The second kappa shape index (κ2) is 6.30. The molecular weight excluding hydrogens is 226 g/mol. The number of nitrogens with one attached hydrogen (secondary N) is 1. The summed E-state index contributed by atoms with van der Waals surface area (Å²) in [7, 11) is 1.36. The van der Waals surface area contributed by atoms with E-state index >= 15 is 0 Å². The summed E-state index contributed by atoms with van der Waals surface area (Å²) in [5.74, 6) is -0.343. The van der Waals surface area contributed by atoms with Crippen molar-refractivity contribution in [1.29, 1.82) is 0 Å². The van der Waals surface area contributed by atoms with Crippen LogP contribution in [0.5, 0.6) is 0 Å². The van der Waals surface area contributed by atoms with Crippen molar-refractivity contribution in [2.24, 2.45) is 0 Å². The predicted octanol–water partition coefficient (Wildman–Crippen LogP) is 2.33. The molecule has 0 heterocycles. The molecule has 0 aliphatic carbocycles. The van der Waals surface area contributed by atoms with Crippen LogP contribution in [0.1, 0.15) is 11.6 Å². The monoisotopic (exact) mass is 239 g/mol. The van der Waals surface area contributed by atoms with Crippen LogP contribution in [0.3, 0.4) is 0 Å². The quantitative estimate of drug-likeness (QED) is 0.633. The summed E-state index contributed by atoms with van der Waals surface area (Å²) in [4.78, 5) is 11.6. The molecule has 1 unspecified atom stereocenters. The highest BCUT2D eigenvalue weighted by molar-refractivity contribution is 6.30. The Balaban J connectivity index is 2.91. The van der Waals surface area contributed by atoms with Crippen LogP contribution < -0.4 is 5.32 Å². The van der Waals surface area contributed by atoms with E-state index in [0.29, 0.717) is 11.6 Å². The van der Waals surface area contributed by atoms with Gasteiger partial charge in [0.2, 0.25) is 0 Å². The average Bonchev–Trinajstić information content (AvgIpc) is 2.29. The van der Waals surface area contributed by atoms with E-state index in [9.17, 15) is 4.79 Å². The molecule has 1 aromatic rings. The lowest BCUT2D eigenvalue weighted by molar-refractivity contribution is -0.143. The second-order valence-corrected chi connectivity index (χ2v) is 3.64. The predicted molar refractivity (Wildman–Crippen MR) is 64.4 cm³/mol. The summed E-state index contributed by atoms with van der Waals surface area (Å²) < 4.78 is 4.72. The van der Waals surface area contributed by atoms with E-state index in [4.69, 9.17) is 16.3 Å². The number of rotatable bonds is 5. The highest BCUT2D eigenvalue weighted by Crippen LogP contribution is 2.18. The standard InChI is InChI=1S/C12H14ClNO2/c1-3-7-14-11(12(15)16-2)9-5-4-6-10(13)8-9/h3-6,8,11,14H,1,7H2,2H3. The van der Waals surface area contributed by atoms with Crippen molar-refractivity contribution in [3.05, 3.63) is 47.5 Å². The maximum atomic E-state index is 11.6. The van der Waals surface area contributed by atoms with E-state index in [2.05, 4.69) is 11.9 Å². The van der Waals surface area contributed by atoms with E-state index in [1.807, 2.05) is 6.07 Å². The summed E-state index contributed by atoms with van der Waals surface area (Å²) in [6.45, 7) is 4.11. The van der Waals surface area contributed by atoms with Crippen LogP contribution in [-0.4, -0.2) is 19.6 Å². The molecule has 0 aliphatic heterocycles. The Morgan fingerprint density at radius 3 is 3.00 bits per heavy atom. The highest BCUT2D eigenvalue weighted by atomic mass is 35.5. The van der Waals surface area contributed by atoms with Gasteiger partial charge in [-0.15, -0.1) is 6.58 Å². The molecule has 86 valence electrons. The maximum Gasteiger partial charge on any atom is 0.327 e. The molecule has 16 heavy (non-hydrogen) atoms. The lowest BCUT2D eigenvalue weighted by Crippen LogP contribution is -2.29. The van der Waals surface area contributed by atoms with Crippen molar-refractivity contribution < 1.29 is 9.53 Å². The first-order valence-corrected chi connectivity index (χ1v) is 5.24. The van der Waals surface area contributed by atoms with Gasteiger partial charge in [-0.05, 0) is 17.7 Å². The van der Waals surface area contributed by atoms with E-state index in [-0.39, 0.29) is 5.97 Å². The summed E-state index contributed by atoms with van der Waals surface area (Å²) >= 11 is 5.87. The van der Waals surface area contributed by atoms with E-state index in [1.165, 1.54) is 7.11 Å². The third-order valence-corrected chi connectivity index (χ3v) is 2.32. The number of carbonyl (C=O) groups is 1. The van der Waals surface area contributed by atoms with Crippen molar-refractivity contribution in [3.8, 4) is 0 Å². The van der Waals surface area contributed by atoms with Gasteiger partial charge in [-0.2, -0.15) is 0 Å². The molecule has 0 bridgehead atoms. The molecule has 0 amide bonds. The minimum Gasteiger partial charge on any atom is -0.468 e. The van der Waals surface area contributed by atoms with Gasteiger partial charge in [0.05, 0.1) is 7.11 Å². The minimum absolute atomic E-state index is 0.343. The van der Waals surface area contributed by atoms with Crippen LogP contribution in [0.15, 0.2) is 36.9 Å². The van der Waals surface area contributed by atoms with Crippen LogP contribution in [0, 0.1) is 0 Å². The van der Waals surface area contributed by atoms with Gasteiger partial charge in [0.1, 0.15) is 6.04 Å². The average molecular weight is 240 g/mol. The van der Waals surface area contributed by atoms with Crippen LogP contribution in [0.25, 0.3) is 0 Å². The zero-order valence-electron chi connectivity index (χ0n) is 9.07. The molecule has 0 aromatic heterocycles. The molecule has 1 rings (SSSR count). The van der Waals surface area contributed by atoms with Crippen molar-refractivity contribution >= 4 is 17.6 Å². The fourth-order valence-corrected chi connectivity index (χ4v) is 1.54. The van der Waals surface area contributed by atoms with Crippen LogP contribution in [0.2, 0.25) is 5.02 Å². The number of methoxy groups -OCH3 is 1. The van der Waals surface area contributed by atoms with Gasteiger partial charge in [0.15, 0.2) is 0 Å². The molecule has 4 heteroatoms. The lowest BCUT2D eigenvalue weighted by Gasteiger charge is -2.15. The Kier molecular flexibility index (Phi) is 5.02. The molecule has 0 aliphatic rings. The summed E-state index contributed by atoms with van der Waals surface area (Å²) in [5.41, 5.74) is 0.779. The number of halogens is 1. The lowest BCUT2D eigenvalue weighted by atomic mass is 10.1. The van der Waals surface area contributed by atoms with Gasteiger partial charge in [-0.1, -0.05) is 29.8 Å². The van der Waals surface area contributed by atoms with Gasteiger partial charge in [0.25, 0.3) is 0 Å². The SMILES string of the molecule is C=CCNC(C(=O)OC)c1cccc(Cl)c1. The first-order chi connectivity index (χ1) is 7.69. The first-order valence-electron chi connectivity index (χ1n) is 4.86. The van der Waals surface area contributed by atoms with E-state index in [1.54, 1.807) is 24.3 Å². The Labute approximate surface area is 100 Å². The van der Waals surface area contributed by atoms with E-state index < -0.39 is 6.04 Å². The third kappa shape index (κ3) is 3.36. The smallest absolute Gasteiger partial charge is 0.327 e. The molecule has 0 radical (unpaired) electrons. The number of hydrogen-bond acceptors (Lipinski definition) is 3. The van der Waals surface area contributed by atoms with Crippen LogP contribution >= 0.6 is 11.6 Å². The number of benzene rings is 1. The van der Waals surface area contributed by atoms with Crippen molar-refractivity contribution in [2.75, 3.05) is 13.7 Å². The molecular formula is C12H14ClNO2. The Hall–Kier alpha value is -1.32. The fourth-order valence-electron chi connectivity index (χ4n) is 1.34. The van der Waals surface area contributed by atoms with Crippen LogP contribution in [-0.2, 0) is 9.53 Å². The van der Waals surface area contributed by atoms with Gasteiger partial charge in [0, 0.05) is 11.6 Å². The normalized spacial score (nSPS) is 11.9. The molecule has 1 aromatic carbocycles. The van der Waals surface area contributed by atoms with E-state index in [0.717, 1.165) is 5.56 Å². The zero-order chi connectivity index (χ0) is 12.0. The highest BCUT2D eigenvalue weighted by Gasteiger charge is 2.20. The fraction of sp³-hybridized carbons (Fsp3) is 0.250. The minimum atomic E-state index is -0.512. The third-order valence-electron chi connectivity index (χ3n) is 2.09. The van der Waals surface area contributed by atoms with Crippen molar-refractivity contribution in [3.63, 3.8) is 0 Å². The molecule has 3 nitrogen and oxygen atoms in total. The molecule has 0 fully saturated rings. The van der Waals surface area contributed by atoms with Crippen molar-refractivity contribution in [1.82, 2.24) is 5.32 Å². The maximum absolute atomic E-state index is 11.6. The topological polar surface area (TPSA) is 38.3 Å². The van der Waals surface area contributed by atoms with Gasteiger partial charge >= 0.3 is 5.97 Å². The first kappa shape index (κ1) is 12.7. The number of ether oxygens (including phenoxy) is 1. The Morgan fingerprint density at radius 1 is 1.69 bits per heavy atom. The summed E-state index contributed by atoms with van der Waals surface area (Å²) in [6, 6.07) is 6.60. The molecule has 0 saturated heterocycles. The Morgan fingerprint density at radius 2 is 2.44 bits per heavy atom. The molecule has 0 saturated carbocycles. The second-order valence-electron chi connectivity index (χ2n) is 3.21. The number of hydrogen-bond donors (Lipinski definition) is 1. The molecule has 1 N–H and O–H groups in total. The summed E-state index contributed by atoms with van der Waals surface area (Å²) in [6.07, 6.45) is 1.68. The number of esters is 1.